The highest BCUT2D eigenvalue weighted by Gasteiger charge is 2.15. The molecule has 3 rings (SSSR count). The van der Waals surface area contributed by atoms with Gasteiger partial charge in [0.25, 0.3) is 5.91 Å². The van der Waals surface area contributed by atoms with Gasteiger partial charge in [-0.1, -0.05) is 12.1 Å². The average molecular weight is 272 g/mol. The number of carboxylic acids is 1. The van der Waals surface area contributed by atoms with Crippen LogP contribution in [0.4, 0.5) is 5.95 Å². The molecule has 0 spiro atoms. The van der Waals surface area contributed by atoms with Crippen molar-refractivity contribution >= 4 is 28.9 Å². The van der Waals surface area contributed by atoms with Crippen LogP contribution in [0, 0.1) is 0 Å². The van der Waals surface area contributed by atoms with E-state index in [2.05, 4.69) is 30.5 Å². The maximum absolute atomic E-state index is 11.9. The fourth-order valence-electron chi connectivity index (χ4n) is 1.63. The minimum Gasteiger partial charge on any atom is -0.475 e. The number of para-hydroxylation sites is 2. The highest BCUT2D eigenvalue weighted by Crippen LogP contribution is 2.11. The average Bonchev–Trinajstić information content (AvgIpc) is 3.04. The van der Waals surface area contributed by atoms with Crippen molar-refractivity contribution in [2.45, 2.75) is 0 Å². The molecule has 0 radical (unpaired) electrons. The lowest BCUT2D eigenvalue weighted by Crippen LogP contribution is -2.14. The van der Waals surface area contributed by atoms with E-state index < -0.39 is 11.9 Å². The van der Waals surface area contributed by atoms with Crippen LogP contribution in [0.5, 0.6) is 0 Å². The number of aromatic carboxylic acids is 1. The van der Waals surface area contributed by atoms with Gasteiger partial charge in [0.2, 0.25) is 11.8 Å². The Balaban J connectivity index is 1.83. The Bertz CT molecular complexity index is 772. The Morgan fingerprint density at radius 2 is 1.95 bits per heavy atom. The zero-order valence-electron chi connectivity index (χ0n) is 9.91. The van der Waals surface area contributed by atoms with Crippen molar-refractivity contribution in [3.8, 4) is 0 Å². The van der Waals surface area contributed by atoms with Crippen molar-refractivity contribution in [3.05, 3.63) is 35.9 Å². The number of amides is 1. The number of aromatic amines is 2. The number of anilines is 1. The van der Waals surface area contributed by atoms with Gasteiger partial charge in [-0.15, -0.1) is 5.10 Å². The molecule has 1 aromatic carbocycles. The summed E-state index contributed by atoms with van der Waals surface area (Å²) in [5.41, 5.74) is 1.37. The molecule has 0 fully saturated rings. The quantitative estimate of drug-likeness (QED) is 0.552. The van der Waals surface area contributed by atoms with Gasteiger partial charge in [-0.3, -0.25) is 15.2 Å². The van der Waals surface area contributed by atoms with Crippen molar-refractivity contribution in [1.82, 2.24) is 25.1 Å². The second-order valence-corrected chi connectivity index (χ2v) is 3.87. The van der Waals surface area contributed by atoms with Gasteiger partial charge in [0.15, 0.2) is 5.82 Å². The number of carbonyl (C=O) groups excluding carboxylic acids is 1. The van der Waals surface area contributed by atoms with E-state index in [4.69, 9.17) is 5.11 Å². The molecule has 0 unspecified atom stereocenters. The largest absolute Gasteiger partial charge is 0.475 e. The molecule has 0 aliphatic carbocycles. The topological polar surface area (TPSA) is 137 Å². The predicted molar refractivity (Wildman–Crippen MR) is 67.4 cm³/mol. The van der Waals surface area contributed by atoms with Crippen LogP contribution in [-0.2, 0) is 0 Å². The van der Waals surface area contributed by atoms with Crippen LogP contribution in [0.2, 0.25) is 0 Å². The van der Waals surface area contributed by atoms with E-state index in [1.54, 1.807) is 18.2 Å². The summed E-state index contributed by atoms with van der Waals surface area (Å²) in [5, 5.41) is 16.8. The van der Waals surface area contributed by atoms with Crippen molar-refractivity contribution in [2.24, 2.45) is 0 Å². The van der Waals surface area contributed by atoms with Gasteiger partial charge in [0.05, 0.1) is 11.0 Å². The second-order valence-electron chi connectivity index (χ2n) is 3.87. The smallest absolute Gasteiger partial charge is 0.373 e. The third kappa shape index (κ3) is 2.07. The number of nitrogens with zero attached hydrogens (tertiary/aromatic N) is 3. The second kappa shape index (κ2) is 4.46. The number of imidazole rings is 1. The molecule has 4 N–H and O–H groups in total. The molecule has 9 heteroatoms. The van der Waals surface area contributed by atoms with E-state index in [0.717, 1.165) is 5.52 Å². The fraction of sp³-hybridized carbons (Fsp3) is 0. The third-order valence-corrected chi connectivity index (χ3v) is 2.52. The summed E-state index contributed by atoms with van der Waals surface area (Å²) in [6, 6.07) is 7.17. The first-order valence-electron chi connectivity index (χ1n) is 5.55. The van der Waals surface area contributed by atoms with Crippen LogP contribution in [-0.4, -0.2) is 42.1 Å². The summed E-state index contributed by atoms with van der Waals surface area (Å²) in [7, 11) is 0. The minimum absolute atomic E-state index is 0.0906. The molecular weight excluding hydrogens is 264 g/mol. The Labute approximate surface area is 111 Å². The van der Waals surface area contributed by atoms with Crippen LogP contribution in [0.25, 0.3) is 11.0 Å². The first kappa shape index (κ1) is 11.8. The van der Waals surface area contributed by atoms with Gasteiger partial charge >= 0.3 is 5.97 Å². The van der Waals surface area contributed by atoms with Crippen LogP contribution >= 0.6 is 0 Å². The van der Waals surface area contributed by atoms with Crippen molar-refractivity contribution in [1.29, 1.82) is 0 Å². The number of benzene rings is 1. The van der Waals surface area contributed by atoms with Crippen LogP contribution < -0.4 is 5.32 Å². The summed E-state index contributed by atoms with van der Waals surface area (Å²) in [6.45, 7) is 0. The van der Waals surface area contributed by atoms with E-state index in [-0.39, 0.29) is 17.6 Å². The molecule has 9 nitrogen and oxygen atoms in total. The number of carboxylic acid groups (broad SMARTS) is 1. The number of fused-ring (bicyclic) bond motifs is 1. The number of carbonyl (C=O) groups is 2. The van der Waals surface area contributed by atoms with E-state index in [1.165, 1.54) is 0 Å². The Morgan fingerprint density at radius 1 is 1.15 bits per heavy atom. The highest BCUT2D eigenvalue weighted by molar-refractivity contribution is 6.02. The Morgan fingerprint density at radius 3 is 2.65 bits per heavy atom. The standard InChI is InChI=1S/C11H8N6O3/c18-9(15-11-14-8(10(19)20)16-17-11)7-12-5-3-1-2-4-6(5)13-7/h1-4H,(H,12,13)(H,19,20)(H2,14,15,16,17,18). The predicted octanol–water partition coefficient (Wildman–Crippen LogP) is 0.631. The normalized spacial score (nSPS) is 10.6. The number of aromatic nitrogens is 5. The lowest BCUT2D eigenvalue weighted by molar-refractivity contribution is 0.0683. The monoisotopic (exact) mass is 272 g/mol. The van der Waals surface area contributed by atoms with E-state index >= 15 is 0 Å². The molecule has 100 valence electrons. The molecule has 0 saturated carbocycles. The van der Waals surface area contributed by atoms with Gasteiger partial charge < -0.3 is 10.1 Å². The maximum Gasteiger partial charge on any atom is 0.373 e. The zero-order valence-corrected chi connectivity index (χ0v) is 9.91. The summed E-state index contributed by atoms with van der Waals surface area (Å²) in [5.74, 6) is -2.22. The zero-order chi connectivity index (χ0) is 14.1. The molecule has 0 aliphatic rings. The molecule has 20 heavy (non-hydrogen) atoms. The molecule has 2 aromatic heterocycles. The molecule has 3 aromatic rings. The summed E-state index contributed by atoms with van der Waals surface area (Å²) < 4.78 is 0. The Hall–Kier alpha value is -3.23. The van der Waals surface area contributed by atoms with Gasteiger partial charge in [-0.2, -0.15) is 4.98 Å². The summed E-state index contributed by atoms with van der Waals surface area (Å²) in [4.78, 5) is 33.1. The molecule has 0 atom stereocenters. The number of hydrogen-bond acceptors (Lipinski definition) is 5. The van der Waals surface area contributed by atoms with E-state index in [0.29, 0.717) is 5.52 Å². The third-order valence-electron chi connectivity index (χ3n) is 2.52. The molecular formula is C11H8N6O3. The van der Waals surface area contributed by atoms with Crippen LogP contribution in [0.3, 0.4) is 0 Å². The number of hydrogen-bond donors (Lipinski definition) is 4. The van der Waals surface area contributed by atoms with E-state index in [1.807, 2.05) is 6.07 Å². The molecule has 0 saturated heterocycles. The lowest BCUT2D eigenvalue weighted by atomic mass is 10.3. The van der Waals surface area contributed by atoms with E-state index in [9.17, 15) is 9.59 Å². The molecule has 1 amide bonds. The van der Waals surface area contributed by atoms with Crippen molar-refractivity contribution in [3.63, 3.8) is 0 Å². The van der Waals surface area contributed by atoms with Crippen molar-refractivity contribution in [2.75, 3.05) is 5.32 Å². The first-order valence-corrected chi connectivity index (χ1v) is 5.55. The minimum atomic E-state index is -1.26. The highest BCUT2D eigenvalue weighted by atomic mass is 16.4. The van der Waals surface area contributed by atoms with Crippen LogP contribution in [0.1, 0.15) is 21.2 Å². The summed E-state index contributed by atoms with van der Waals surface area (Å²) >= 11 is 0. The lowest BCUT2D eigenvalue weighted by Gasteiger charge is -1.95. The first-order chi connectivity index (χ1) is 9.63. The fourth-order valence-corrected chi connectivity index (χ4v) is 1.63. The molecule has 0 aliphatic heterocycles. The van der Waals surface area contributed by atoms with Gasteiger partial charge in [0, 0.05) is 0 Å². The number of rotatable bonds is 3. The number of H-pyrrole nitrogens is 2. The van der Waals surface area contributed by atoms with Crippen molar-refractivity contribution < 1.29 is 14.7 Å². The maximum atomic E-state index is 11.9. The van der Waals surface area contributed by atoms with Gasteiger partial charge in [0.1, 0.15) is 0 Å². The summed E-state index contributed by atoms with van der Waals surface area (Å²) in [6.07, 6.45) is 0. The van der Waals surface area contributed by atoms with Crippen LogP contribution in [0.15, 0.2) is 24.3 Å². The molecule has 2 heterocycles. The van der Waals surface area contributed by atoms with Gasteiger partial charge in [-0.25, -0.2) is 9.78 Å². The number of nitrogens with one attached hydrogen (secondary N) is 3. The van der Waals surface area contributed by atoms with Gasteiger partial charge in [-0.05, 0) is 12.1 Å². The molecule has 0 bridgehead atoms. The Kier molecular flexibility index (Phi) is 2.64. The SMILES string of the molecule is O=C(O)c1nc(NC(=O)c2nc3ccccc3[nH]2)n[nH]1.